The zero-order valence-electron chi connectivity index (χ0n) is 7.63. The Morgan fingerprint density at radius 3 is 2.85 bits per heavy atom. The van der Waals surface area contributed by atoms with E-state index in [2.05, 4.69) is 4.74 Å². The molecule has 0 radical (unpaired) electrons. The second-order valence-electron chi connectivity index (χ2n) is 2.84. The number of aryl methyl sites for hydroxylation is 1. The maximum atomic E-state index is 13.1. The van der Waals surface area contributed by atoms with E-state index in [0.29, 0.717) is 0 Å². The first-order chi connectivity index (χ1) is 6.15. The summed E-state index contributed by atoms with van der Waals surface area (Å²) in [6.07, 6.45) is 0. The fraction of sp³-hybridized carbons (Fsp3) is 0.300. The summed E-state index contributed by atoms with van der Waals surface area (Å²) in [5, 5.41) is 0. The highest BCUT2D eigenvalue weighted by molar-refractivity contribution is 5.97. The number of Topliss-reactive ketones (excluding diaryl/α,β-unsaturated/α-hetero) is 1. The number of benzene rings is 1. The Kier molecular flexibility index (Phi) is 3.14. The van der Waals surface area contributed by atoms with Crippen LogP contribution >= 0.6 is 0 Å². The lowest BCUT2D eigenvalue weighted by atomic mass is 10.1. The highest BCUT2D eigenvalue weighted by atomic mass is 19.1. The standard InChI is InChI=1S/C10H11FO2/c1-7-3-4-9(11)8(5-7)10(12)6-13-2/h3-5H,6H2,1-2H3. The largest absolute Gasteiger partial charge is 0.377 e. The maximum absolute atomic E-state index is 13.1. The number of carbonyl (C=O) groups excluding carboxylic acids is 1. The summed E-state index contributed by atoms with van der Waals surface area (Å²) >= 11 is 0. The van der Waals surface area contributed by atoms with Crippen molar-refractivity contribution in [1.29, 1.82) is 0 Å². The number of hydrogen-bond donors (Lipinski definition) is 0. The van der Waals surface area contributed by atoms with Gasteiger partial charge in [0.15, 0.2) is 5.78 Å². The van der Waals surface area contributed by atoms with Gasteiger partial charge >= 0.3 is 0 Å². The molecule has 0 fully saturated rings. The van der Waals surface area contributed by atoms with Crippen LogP contribution in [0.4, 0.5) is 4.39 Å². The van der Waals surface area contributed by atoms with E-state index < -0.39 is 5.82 Å². The molecule has 0 aliphatic heterocycles. The number of halogens is 1. The van der Waals surface area contributed by atoms with Crippen molar-refractivity contribution in [2.75, 3.05) is 13.7 Å². The summed E-state index contributed by atoms with van der Waals surface area (Å²) < 4.78 is 17.7. The van der Waals surface area contributed by atoms with Crippen LogP contribution in [0.25, 0.3) is 0 Å². The normalized spacial score (nSPS) is 10.1. The number of hydrogen-bond acceptors (Lipinski definition) is 2. The minimum Gasteiger partial charge on any atom is -0.377 e. The van der Waals surface area contributed by atoms with E-state index >= 15 is 0 Å². The topological polar surface area (TPSA) is 26.3 Å². The Balaban J connectivity index is 2.99. The van der Waals surface area contributed by atoms with E-state index in [-0.39, 0.29) is 18.0 Å². The maximum Gasteiger partial charge on any atom is 0.191 e. The third-order valence-corrected chi connectivity index (χ3v) is 1.70. The molecule has 2 nitrogen and oxygen atoms in total. The molecule has 0 amide bonds. The smallest absolute Gasteiger partial charge is 0.191 e. The van der Waals surface area contributed by atoms with Crippen molar-refractivity contribution in [2.45, 2.75) is 6.92 Å². The molecule has 0 spiro atoms. The SMILES string of the molecule is COCC(=O)c1cc(C)ccc1F. The molecule has 1 rings (SSSR count). The number of methoxy groups -OCH3 is 1. The van der Waals surface area contributed by atoms with Gasteiger partial charge in [0.05, 0.1) is 5.56 Å². The summed E-state index contributed by atoms with van der Waals surface area (Å²) in [5.74, 6) is -0.823. The molecule has 0 aliphatic rings. The van der Waals surface area contributed by atoms with E-state index in [9.17, 15) is 9.18 Å². The molecular formula is C10H11FO2. The molecule has 1 aromatic carbocycles. The number of ether oxygens (including phenoxy) is 1. The van der Waals surface area contributed by atoms with Gasteiger partial charge in [0.1, 0.15) is 12.4 Å². The van der Waals surface area contributed by atoms with Crippen LogP contribution in [-0.2, 0) is 4.74 Å². The molecule has 0 aromatic heterocycles. The van der Waals surface area contributed by atoms with E-state index in [1.807, 2.05) is 6.92 Å². The molecule has 1 aromatic rings. The average Bonchev–Trinajstić information content (AvgIpc) is 2.09. The Morgan fingerprint density at radius 1 is 1.54 bits per heavy atom. The van der Waals surface area contributed by atoms with Crippen LogP contribution in [0, 0.1) is 12.7 Å². The van der Waals surface area contributed by atoms with Gasteiger partial charge < -0.3 is 4.74 Å². The summed E-state index contributed by atoms with van der Waals surface area (Å²) in [6, 6.07) is 4.44. The molecule has 0 saturated carbocycles. The summed E-state index contributed by atoms with van der Waals surface area (Å²) in [7, 11) is 1.41. The molecular weight excluding hydrogens is 171 g/mol. The van der Waals surface area contributed by atoms with Gasteiger partial charge in [-0.1, -0.05) is 11.6 Å². The van der Waals surface area contributed by atoms with E-state index in [4.69, 9.17) is 0 Å². The van der Waals surface area contributed by atoms with E-state index in [0.717, 1.165) is 5.56 Å². The van der Waals surface area contributed by atoms with Gasteiger partial charge in [-0.15, -0.1) is 0 Å². The quantitative estimate of drug-likeness (QED) is 0.668. The molecule has 0 aliphatic carbocycles. The van der Waals surface area contributed by atoms with Crippen molar-refractivity contribution in [2.24, 2.45) is 0 Å². The lowest BCUT2D eigenvalue weighted by Gasteiger charge is -2.02. The van der Waals surface area contributed by atoms with Crippen LogP contribution in [-0.4, -0.2) is 19.5 Å². The molecule has 3 heteroatoms. The molecule has 0 unspecified atom stereocenters. The van der Waals surface area contributed by atoms with Gasteiger partial charge in [0, 0.05) is 7.11 Å². The van der Waals surface area contributed by atoms with Gasteiger partial charge in [-0.3, -0.25) is 4.79 Å². The second-order valence-corrected chi connectivity index (χ2v) is 2.84. The number of rotatable bonds is 3. The first kappa shape index (κ1) is 9.86. The van der Waals surface area contributed by atoms with Gasteiger partial charge in [-0.2, -0.15) is 0 Å². The van der Waals surface area contributed by atoms with Crippen molar-refractivity contribution in [3.63, 3.8) is 0 Å². The Bertz CT molecular complexity index is 321. The van der Waals surface area contributed by atoms with Crippen LogP contribution in [0.3, 0.4) is 0 Å². The van der Waals surface area contributed by atoms with E-state index in [1.165, 1.54) is 19.2 Å². The van der Waals surface area contributed by atoms with E-state index in [1.54, 1.807) is 6.07 Å². The number of ketones is 1. The van der Waals surface area contributed by atoms with Crippen molar-refractivity contribution in [3.05, 3.63) is 35.1 Å². The highest BCUT2D eigenvalue weighted by Gasteiger charge is 2.10. The first-order valence-corrected chi connectivity index (χ1v) is 3.93. The minimum absolute atomic E-state index is 0.0830. The van der Waals surface area contributed by atoms with Crippen LogP contribution in [0.15, 0.2) is 18.2 Å². The molecule has 13 heavy (non-hydrogen) atoms. The van der Waals surface area contributed by atoms with Crippen LogP contribution < -0.4 is 0 Å². The van der Waals surface area contributed by atoms with Crippen molar-refractivity contribution >= 4 is 5.78 Å². The zero-order chi connectivity index (χ0) is 9.84. The molecule has 70 valence electrons. The second kappa shape index (κ2) is 4.14. The van der Waals surface area contributed by atoms with Crippen molar-refractivity contribution in [3.8, 4) is 0 Å². The fourth-order valence-electron chi connectivity index (χ4n) is 1.06. The summed E-state index contributed by atoms with van der Waals surface area (Å²) in [5.41, 5.74) is 0.961. The number of carbonyl (C=O) groups is 1. The fourth-order valence-corrected chi connectivity index (χ4v) is 1.06. The lowest BCUT2D eigenvalue weighted by Crippen LogP contribution is -2.09. The molecule has 0 saturated heterocycles. The van der Waals surface area contributed by atoms with Crippen LogP contribution in [0.5, 0.6) is 0 Å². The minimum atomic E-state index is -0.493. The van der Waals surface area contributed by atoms with Crippen LogP contribution in [0.1, 0.15) is 15.9 Å². The highest BCUT2D eigenvalue weighted by Crippen LogP contribution is 2.10. The monoisotopic (exact) mass is 182 g/mol. The van der Waals surface area contributed by atoms with Gasteiger partial charge in [-0.25, -0.2) is 4.39 Å². The van der Waals surface area contributed by atoms with Crippen LogP contribution in [0.2, 0.25) is 0 Å². The predicted molar refractivity (Wildman–Crippen MR) is 47.3 cm³/mol. The Hall–Kier alpha value is -1.22. The van der Waals surface area contributed by atoms with Crippen molar-refractivity contribution in [1.82, 2.24) is 0 Å². The molecule has 0 atom stereocenters. The molecule has 0 bridgehead atoms. The average molecular weight is 182 g/mol. The van der Waals surface area contributed by atoms with Gasteiger partial charge in [0.25, 0.3) is 0 Å². The molecule has 0 N–H and O–H groups in total. The van der Waals surface area contributed by atoms with Gasteiger partial charge in [-0.05, 0) is 19.1 Å². The first-order valence-electron chi connectivity index (χ1n) is 3.93. The Morgan fingerprint density at radius 2 is 2.23 bits per heavy atom. The zero-order valence-corrected chi connectivity index (χ0v) is 7.63. The summed E-state index contributed by atoms with van der Waals surface area (Å²) in [6.45, 7) is 1.73. The third-order valence-electron chi connectivity index (χ3n) is 1.70. The van der Waals surface area contributed by atoms with Crippen molar-refractivity contribution < 1.29 is 13.9 Å². The van der Waals surface area contributed by atoms with Gasteiger partial charge in [0.2, 0.25) is 0 Å². The Labute approximate surface area is 76.3 Å². The predicted octanol–water partition coefficient (Wildman–Crippen LogP) is 1.96. The lowest BCUT2D eigenvalue weighted by molar-refractivity contribution is 0.0844. The summed E-state index contributed by atoms with van der Waals surface area (Å²) in [4.78, 5) is 11.3. The third kappa shape index (κ3) is 2.36. The molecule has 0 heterocycles.